The van der Waals surface area contributed by atoms with Crippen molar-refractivity contribution in [1.29, 1.82) is 0 Å². The fourth-order valence-electron chi connectivity index (χ4n) is 1.80. The van der Waals surface area contributed by atoms with Crippen LogP contribution in [-0.4, -0.2) is 41.0 Å². The summed E-state index contributed by atoms with van der Waals surface area (Å²) in [7, 11) is 3.84. The Hall–Kier alpha value is -1.89. The standard InChI is InChI=1S/C15H19F3N4/c1-14(2,22(3)4)9-19-12-10-7-5-6-8-11(10)20-13(21-12)15(16,17)18/h5-8H,9H2,1-4H3,(H,19,20,21). The number of para-hydroxylation sites is 1. The number of hydrogen-bond donors (Lipinski definition) is 1. The third kappa shape index (κ3) is 3.47. The molecule has 0 amide bonds. The van der Waals surface area contributed by atoms with E-state index in [-0.39, 0.29) is 16.9 Å². The van der Waals surface area contributed by atoms with Gasteiger partial charge in [0, 0.05) is 17.5 Å². The number of rotatable bonds is 4. The Morgan fingerprint density at radius 2 is 1.73 bits per heavy atom. The molecule has 0 saturated heterocycles. The van der Waals surface area contributed by atoms with Crippen LogP contribution in [0, 0.1) is 0 Å². The molecule has 0 aliphatic heterocycles. The van der Waals surface area contributed by atoms with Crippen molar-refractivity contribution in [3.05, 3.63) is 30.1 Å². The minimum Gasteiger partial charge on any atom is -0.368 e. The second kappa shape index (κ2) is 5.72. The van der Waals surface area contributed by atoms with E-state index in [0.29, 0.717) is 11.9 Å². The number of fused-ring (bicyclic) bond motifs is 1. The van der Waals surface area contributed by atoms with E-state index in [2.05, 4.69) is 15.3 Å². The largest absolute Gasteiger partial charge is 0.451 e. The van der Waals surface area contributed by atoms with Crippen LogP contribution in [0.2, 0.25) is 0 Å². The number of nitrogens with one attached hydrogen (secondary N) is 1. The molecule has 4 nitrogen and oxygen atoms in total. The van der Waals surface area contributed by atoms with Gasteiger partial charge >= 0.3 is 6.18 Å². The van der Waals surface area contributed by atoms with Gasteiger partial charge in [-0.3, -0.25) is 0 Å². The summed E-state index contributed by atoms with van der Waals surface area (Å²) in [6.45, 7) is 4.44. The lowest BCUT2D eigenvalue weighted by Gasteiger charge is -2.33. The molecule has 1 aromatic heterocycles. The van der Waals surface area contributed by atoms with Crippen molar-refractivity contribution < 1.29 is 13.2 Å². The smallest absolute Gasteiger partial charge is 0.368 e. The second-order valence-electron chi connectivity index (χ2n) is 5.97. The van der Waals surface area contributed by atoms with Gasteiger partial charge in [0.05, 0.1) is 5.52 Å². The zero-order chi connectivity index (χ0) is 16.5. The maximum Gasteiger partial charge on any atom is 0.451 e. The highest BCUT2D eigenvalue weighted by Crippen LogP contribution is 2.30. The third-order valence-electron chi connectivity index (χ3n) is 3.76. The van der Waals surface area contributed by atoms with Crippen LogP contribution >= 0.6 is 0 Å². The summed E-state index contributed by atoms with van der Waals surface area (Å²) < 4.78 is 38.8. The topological polar surface area (TPSA) is 41.0 Å². The van der Waals surface area contributed by atoms with Crippen LogP contribution < -0.4 is 5.32 Å². The number of nitrogens with zero attached hydrogens (tertiary/aromatic N) is 3. The van der Waals surface area contributed by atoms with Gasteiger partial charge in [-0.2, -0.15) is 13.2 Å². The maximum atomic E-state index is 12.9. The molecule has 0 spiro atoms. The van der Waals surface area contributed by atoms with Crippen molar-refractivity contribution in [3.63, 3.8) is 0 Å². The van der Waals surface area contributed by atoms with E-state index in [1.165, 1.54) is 0 Å². The average molecular weight is 312 g/mol. The van der Waals surface area contributed by atoms with Crippen LogP contribution in [0.25, 0.3) is 10.9 Å². The van der Waals surface area contributed by atoms with Crippen LogP contribution in [0.4, 0.5) is 19.0 Å². The lowest BCUT2D eigenvalue weighted by Crippen LogP contribution is -2.44. The predicted octanol–water partition coefficient (Wildman–Crippen LogP) is 3.40. The molecule has 0 aliphatic carbocycles. The fourth-order valence-corrected chi connectivity index (χ4v) is 1.80. The van der Waals surface area contributed by atoms with Gasteiger partial charge in [0.1, 0.15) is 5.82 Å². The van der Waals surface area contributed by atoms with Crippen LogP contribution in [0.3, 0.4) is 0 Å². The van der Waals surface area contributed by atoms with Crippen molar-refractivity contribution in [1.82, 2.24) is 14.9 Å². The molecule has 120 valence electrons. The normalized spacial score (nSPS) is 12.9. The molecule has 2 rings (SSSR count). The van der Waals surface area contributed by atoms with E-state index < -0.39 is 12.0 Å². The summed E-state index contributed by atoms with van der Waals surface area (Å²) in [6.07, 6.45) is -4.57. The van der Waals surface area contributed by atoms with Crippen LogP contribution in [0.15, 0.2) is 24.3 Å². The van der Waals surface area contributed by atoms with E-state index in [1.807, 2.05) is 32.8 Å². The highest BCUT2D eigenvalue weighted by Gasteiger charge is 2.35. The van der Waals surface area contributed by atoms with Crippen LogP contribution in [-0.2, 0) is 6.18 Å². The zero-order valence-electron chi connectivity index (χ0n) is 13.0. The van der Waals surface area contributed by atoms with Crippen molar-refractivity contribution in [2.45, 2.75) is 25.6 Å². The summed E-state index contributed by atoms with van der Waals surface area (Å²) in [6, 6.07) is 6.67. The molecule has 1 heterocycles. The monoisotopic (exact) mass is 312 g/mol. The molecule has 0 aliphatic rings. The Labute approximate surface area is 127 Å². The van der Waals surface area contributed by atoms with Crippen LogP contribution in [0.5, 0.6) is 0 Å². The van der Waals surface area contributed by atoms with Crippen molar-refractivity contribution in [2.24, 2.45) is 0 Å². The Morgan fingerprint density at radius 1 is 1.09 bits per heavy atom. The first-order valence-electron chi connectivity index (χ1n) is 6.86. The molecule has 0 fully saturated rings. The fraction of sp³-hybridized carbons (Fsp3) is 0.467. The number of likely N-dealkylation sites (N-methyl/N-ethyl adjacent to an activating group) is 1. The number of anilines is 1. The second-order valence-corrected chi connectivity index (χ2v) is 5.97. The minimum atomic E-state index is -4.57. The van der Waals surface area contributed by atoms with E-state index >= 15 is 0 Å². The number of benzene rings is 1. The molecular formula is C15H19F3N4. The molecule has 0 atom stereocenters. The van der Waals surface area contributed by atoms with Crippen molar-refractivity contribution >= 4 is 16.7 Å². The summed E-state index contributed by atoms with van der Waals surface area (Å²) >= 11 is 0. The van der Waals surface area contributed by atoms with E-state index in [4.69, 9.17) is 0 Å². The molecular weight excluding hydrogens is 293 g/mol. The van der Waals surface area contributed by atoms with Gasteiger partial charge in [-0.1, -0.05) is 12.1 Å². The number of alkyl halides is 3. The van der Waals surface area contributed by atoms with E-state index in [0.717, 1.165) is 0 Å². The van der Waals surface area contributed by atoms with Gasteiger partial charge in [-0.25, -0.2) is 9.97 Å². The van der Waals surface area contributed by atoms with Gasteiger partial charge in [-0.15, -0.1) is 0 Å². The van der Waals surface area contributed by atoms with Gasteiger partial charge in [0.25, 0.3) is 0 Å². The highest BCUT2D eigenvalue weighted by atomic mass is 19.4. The first kappa shape index (κ1) is 16.5. The Kier molecular flexibility index (Phi) is 4.28. The minimum absolute atomic E-state index is 0.202. The first-order chi connectivity index (χ1) is 10.1. The summed E-state index contributed by atoms with van der Waals surface area (Å²) in [4.78, 5) is 9.26. The maximum absolute atomic E-state index is 12.9. The van der Waals surface area contributed by atoms with Gasteiger partial charge in [0.2, 0.25) is 5.82 Å². The van der Waals surface area contributed by atoms with E-state index in [9.17, 15) is 13.2 Å². The number of halogens is 3. The summed E-state index contributed by atoms with van der Waals surface area (Å²) in [5.41, 5.74) is 0.0414. The molecule has 0 bridgehead atoms. The molecule has 2 aromatic rings. The molecule has 7 heteroatoms. The predicted molar refractivity (Wildman–Crippen MR) is 80.8 cm³/mol. The average Bonchev–Trinajstić information content (AvgIpc) is 2.43. The highest BCUT2D eigenvalue weighted by molar-refractivity contribution is 5.89. The SMILES string of the molecule is CN(C)C(C)(C)CNc1nc(C(F)(F)F)nc2ccccc12. The molecule has 0 saturated carbocycles. The Morgan fingerprint density at radius 3 is 2.32 bits per heavy atom. The lowest BCUT2D eigenvalue weighted by atomic mass is 10.0. The van der Waals surface area contributed by atoms with Gasteiger partial charge < -0.3 is 10.2 Å². The molecule has 1 aromatic carbocycles. The molecule has 1 N–H and O–H groups in total. The van der Waals surface area contributed by atoms with Crippen LogP contribution in [0.1, 0.15) is 19.7 Å². The lowest BCUT2D eigenvalue weighted by molar-refractivity contribution is -0.144. The van der Waals surface area contributed by atoms with Gasteiger partial charge in [0.15, 0.2) is 0 Å². The van der Waals surface area contributed by atoms with Gasteiger partial charge in [-0.05, 0) is 40.1 Å². The molecule has 22 heavy (non-hydrogen) atoms. The number of hydrogen-bond acceptors (Lipinski definition) is 4. The summed E-state index contributed by atoms with van der Waals surface area (Å²) in [5.74, 6) is -0.927. The molecule has 0 unspecified atom stereocenters. The first-order valence-corrected chi connectivity index (χ1v) is 6.86. The third-order valence-corrected chi connectivity index (χ3v) is 3.76. The van der Waals surface area contributed by atoms with Crippen molar-refractivity contribution in [3.8, 4) is 0 Å². The Balaban J connectivity index is 2.43. The molecule has 0 radical (unpaired) electrons. The summed E-state index contributed by atoms with van der Waals surface area (Å²) in [5, 5.41) is 3.60. The Bertz CT molecular complexity index is 665. The van der Waals surface area contributed by atoms with E-state index in [1.54, 1.807) is 24.3 Å². The quantitative estimate of drug-likeness (QED) is 0.939. The van der Waals surface area contributed by atoms with Crippen molar-refractivity contribution in [2.75, 3.05) is 26.0 Å². The number of aromatic nitrogens is 2. The zero-order valence-corrected chi connectivity index (χ0v) is 13.0.